The molecule has 0 spiro atoms. The number of Topliss-reactive ketones (excluding diaryl/α,β-unsaturated/α-hetero) is 1. The molecule has 2 aliphatic rings. The van der Waals surface area contributed by atoms with Gasteiger partial charge < -0.3 is 10.2 Å². The van der Waals surface area contributed by atoms with E-state index < -0.39 is 0 Å². The molecule has 1 unspecified atom stereocenters. The highest BCUT2D eigenvalue weighted by Crippen LogP contribution is 2.45. The van der Waals surface area contributed by atoms with Crippen LogP contribution < -0.4 is 10.2 Å². The van der Waals surface area contributed by atoms with Gasteiger partial charge in [0.15, 0.2) is 5.78 Å². The van der Waals surface area contributed by atoms with Gasteiger partial charge in [0, 0.05) is 29.3 Å². The van der Waals surface area contributed by atoms with Crippen LogP contribution in [0, 0.1) is 0 Å². The smallest absolute Gasteiger partial charge is 0.163 e. The third-order valence-corrected chi connectivity index (χ3v) is 6.17. The van der Waals surface area contributed by atoms with Gasteiger partial charge in [-0.05, 0) is 48.2 Å². The highest BCUT2D eigenvalue weighted by atomic mass is 35.5. The minimum absolute atomic E-state index is 0.138. The minimum Gasteiger partial charge on any atom is -0.357 e. The highest BCUT2D eigenvalue weighted by molar-refractivity contribution is 6.30. The van der Waals surface area contributed by atoms with Gasteiger partial charge in [0.2, 0.25) is 0 Å². The van der Waals surface area contributed by atoms with E-state index in [1.165, 1.54) is 0 Å². The van der Waals surface area contributed by atoms with Crippen LogP contribution in [0.15, 0.2) is 90.1 Å². The standard InChI is InChI=1S/C26H23ClN2O/c27-20-15-13-18(14-16-20)17-29-23-11-5-4-9-21(23)28-22-10-6-12-24(30)25(22)26(29)19-7-2-1-3-8-19/h1-5,7-9,11,13-16,26,28H,6,10,12,17H2. The number of carbonyl (C=O) groups is 1. The van der Waals surface area contributed by atoms with E-state index in [1.54, 1.807) is 0 Å². The van der Waals surface area contributed by atoms with Crippen molar-refractivity contribution in [1.29, 1.82) is 0 Å². The Balaban J connectivity index is 1.71. The minimum atomic E-state index is -0.138. The van der Waals surface area contributed by atoms with Crippen LogP contribution in [0.2, 0.25) is 5.02 Å². The van der Waals surface area contributed by atoms with Gasteiger partial charge in [0.25, 0.3) is 0 Å². The molecule has 0 saturated carbocycles. The monoisotopic (exact) mass is 414 g/mol. The molecule has 30 heavy (non-hydrogen) atoms. The first-order valence-corrected chi connectivity index (χ1v) is 10.8. The number of carbonyl (C=O) groups excluding carboxylic acids is 1. The number of fused-ring (bicyclic) bond motifs is 1. The van der Waals surface area contributed by atoms with Gasteiger partial charge in [0.05, 0.1) is 17.4 Å². The van der Waals surface area contributed by atoms with E-state index in [-0.39, 0.29) is 11.8 Å². The fourth-order valence-corrected chi connectivity index (χ4v) is 4.67. The van der Waals surface area contributed by atoms with Crippen molar-refractivity contribution in [3.8, 4) is 0 Å². The molecular weight excluding hydrogens is 392 g/mol. The van der Waals surface area contributed by atoms with Gasteiger partial charge in [-0.3, -0.25) is 4.79 Å². The fraction of sp³-hybridized carbons (Fsp3) is 0.192. The van der Waals surface area contributed by atoms with Crippen LogP contribution in [-0.2, 0) is 11.3 Å². The molecule has 5 rings (SSSR count). The van der Waals surface area contributed by atoms with Gasteiger partial charge in [-0.1, -0.05) is 66.2 Å². The number of para-hydroxylation sites is 2. The number of nitrogens with zero attached hydrogens (tertiary/aromatic N) is 1. The molecule has 1 N–H and O–H groups in total. The third-order valence-electron chi connectivity index (χ3n) is 5.92. The second-order valence-electron chi connectivity index (χ2n) is 7.88. The largest absolute Gasteiger partial charge is 0.357 e. The molecule has 0 aromatic heterocycles. The van der Waals surface area contributed by atoms with Crippen LogP contribution in [0.5, 0.6) is 0 Å². The van der Waals surface area contributed by atoms with Crippen LogP contribution in [-0.4, -0.2) is 5.78 Å². The van der Waals surface area contributed by atoms with Crippen molar-refractivity contribution in [2.24, 2.45) is 0 Å². The highest BCUT2D eigenvalue weighted by Gasteiger charge is 2.36. The van der Waals surface area contributed by atoms with Gasteiger partial charge in [0.1, 0.15) is 0 Å². The van der Waals surface area contributed by atoms with Gasteiger partial charge in [-0.15, -0.1) is 0 Å². The Morgan fingerprint density at radius 3 is 2.43 bits per heavy atom. The fourth-order valence-electron chi connectivity index (χ4n) is 4.54. The Labute approximate surface area is 182 Å². The van der Waals surface area contributed by atoms with Crippen LogP contribution in [0.25, 0.3) is 0 Å². The van der Waals surface area contributed by atoms with Crippen molar-refractivity contribution >= 4 is 28.8 Å². The summed E-state index contributed by atoms with van der Waals surface area (Å²) in [4.78, 5) is 15.6. The molecule has 1 atom stereocenters. The molecule has 0 amide bonds. The van der Waals surface area contributed by atoms with Crippen LogP contribution >= 0.6 is 11.6 Å². The number of rotatable bonds is 3. The molecule has 0 bridgehead atoms. The number of hydrogen-bond donors (Lipinski definition) is 1. The lowest BCUT2D eigenvalue weighted by molar-refractivity contribution is -0.116. The Kier molecular flexibility index (Phi) is 5.06. The average Bonchev–Trinajstić information content (AvgIpc) is 2.91. The molecule has 0 saturated heterocycles. The zero-order valence-electron chi connectivity index (χ0n) is 16.6. The predicted octanol–water partition coefficient (Wildman–Crippen LogP) is 6.52. The second-order valence-corrected chi connectivity index (χ2v) is 8.32. The number of ketones is 1. The van der Waals surface area contributed by atoms with Crippen LogP contribution in [0.4, 0.5) is 11.4 Å². The number of nitrogens with one attached hydrogen (secondary N) is 1. The van der Waals surface area contributed by atoms with Gasteiger partial charge in [-0.2, -0.15) is 0 Å². The molecule has 4 heteroatoms. The van der Waals surface area contributed by atoms with E-state index in [0.717, 1.165) is 51.6 Å². The van der Waals surface area contributed by atoms with Crippen LogP contribution in [0.3, 0.4) is 0 Å². The van der Waals surface area contributed by atoms with Crippen molar-refractivity contribution in [2.75, 3.05) is 10.2 Å². The summed E-state index contributed by atoms with van der Waals surface area (Å²) in [6.07, 6.45) is 2.40. The quantitative estimate of drug-likeness (QED) is 0.529. The van der Waals surface area contributed by atoms with Crippen molar-refractivity contribution in [2.45, 2.75) is 31.8 Å². The lowest BCUT2D eigenvalue weighted by atomic mass is 9.85. The van der Waals surface area contributed by atoms with Crippen molar-refractivity contribution in [3.63, 3.8) is 0 Å². The SMILES string of the molecule is O=C1CCCC2=C1C(c1ccccc1)N(Cc1ccc(Cl)cc1)c1ccccc1N2. The maximum absolute atomic E-state index is 13.2. The Bertz CT molecular complexity index is 1110. The molecule has 150 valence electrons. The molecule has 0 radical (unpaired) electrons. The number of anilines is 2. The topological polar surface area (TPSA) is 32.3 Å². The summed E-state index contributed by atoms with van der Waals surface area (Å²) in [5.74, 6) is 0.242. The first kappa shape index (κ1) is 19.0. The predicted molar refractivity (Wildman–Crippen MR) is 123 cm³/mol. The number of hydrogen-bond acceptors (Lipinski definition) is 3. The number of benzene rings is 3. The summed E-state index contributed by atoms with van der Waals surface area (Å²) in [6.45, 7) is 0.680. The van der Waals surface area contributed by atoms with E-state index in [9.17, 15) is 4.79 Å². The molecule has 1 aliphatic carbocycles. The molecule has 1 aliphatic heterocycles. The Morgan fingerprint density at radius 2 is 1.63 bits per heavy atom. The van der Waals surface area contributed by atoms with Crippen LogP contribution in [0.1, 0.15) is 36.4 Å². The van der Waals surface area contributed by atoms with Gasteiger partial charge >= 0.3 is 0 Å². The van der Waals surface area contributed by atoms with Crippen molar-refractivity contribution < 1.29 is 4.79 Å². The molecule has 3 aromatic carbocycles. The lowest BCUT2D eigenvalue weighted by Gasteiger charge is -2.35. The number of halogens is 1. The average molecular weight is 415 g/mol. The first-order valence-electron chi connectivity index (χ1n) is 10.4. The van der Waals surface area contributed by atoms with Gasteiger partial charge in [-0.25, -0.2) is 0 Å². The zero-order valence-corrected chi connectivity index (χ0v) is 17.4. The Morgan fingerprint density at radius 1 is 0.900 bits per heavy atom. The lowest BCUT2D eigenvalue weighted by Crippen LogP contribution is -2.32. The second kappa shape index (κ2) is 8.00. The van der Waals surface area contributed by atoms with E-state index >= 15 is 0 Å². The zero-order chi connectivity index (χ0) is 20.5. The summed E-state index contributed by atoms with van der Waals surface area (Å²) >= 11 is 6.12. The summed E-state index contributed by atoms with van der Waals surface area (Å²) in [5, 5.41) is 4.34. The van der Waals surface area contributed by atoms with E-state index in [1.807, 2.05) is 36.4 Å². The van der Waals surface area contributed by atoms with Crippen molar-refractivity contribution in [1.82, 2.24) is 0 Å². The number of allylic oxidation sites excluding steroid dienone is 1. The Hall–Kier alpha value is -3.04. The van der Waals surface area contributed by atoms with E-state index in [4.69, 9.17) is 11.6 Å². The van der Waals surface area contributed by atoms with Crippen molar-refractivity contribution in [3.05, 3.63) is 106 Å². The summed E-state index contributed by atoms with van der Waals surface area (Å²) in [5.41, 5.74) is 6.40. The summed E-state index contributed by atoms with van der Waals surface area (Å²) in [6, 6.07) is 26.5. The molecule has 1 heterocycles. The maximum atomic E-state index is 13.2. The molecule has 3 aromatic rings. The molecule has 0 fully saturated rings. The molecule has 3 nitrogen and oxygen atoms in total. The van der Waals surface area contributed by atoms with E-state index in [2.05, 4.69) is 52.7 Å². The third kappa shape index (κ3) is 3.50. The summed E-state index contributed by atoms with van der Waals surface area (Å²) < 4.78 is 0. The normalized spacial score (nSPS) is 18.4. The summed E-state index contributed by atoms with van der Waals surface area (Å²) in [7, 11) is 0. The molecular formula is C26H23ClN2O. The maximum Gasteiger partial charge on any atom is 0.163 e. The van der Waals surface area contributed by atoms with E-state index in [0.29, 0.717) is 13.0 Å². The first-order chi connectivity index (χ1) is 14.7.